The number of amides is 1. The molecule has 5 heteroatoms. The molecule has 0 saturated carbocycles. The number of ether oxygens (including phenoxy) is 2. The number of anilines is 1. The number of hydrogen-bond donors (Lipinski definition) is 2. The lowest BCUT2D eigenvalue weighted by molar-refractivity contribution is 0.00544. The molecule has 0 spiro atoms. The van der Waals surface area contributed by atoms with Crippen molar-refractivity contribution in [2.75, 3.05) is 19.5 Å². The number of methoxy groups -OCH3 is 1. The van der Waals surface area contributed by atoms with E-state index in [0.717, 1.165) is 6.42 Å². The Balaban J connectivity index is 2.64. The molecule has 1 rings (SSSR count). The van der Waals surface area contributed by atoms with E-state index >= 15 is 0 Å². The molecule has 1 aromatic rings. The molecule has 0 radical (unpaired) electrons. The first kappa shape index (κ1) is 14.3. The van der Waals surface area contributed by atoms with Crippen molar-refractivity contribution in [3.8, 4) is 5.75 Å². The van der Waals surface area contributed by atoms with Crippen molar-refractivity contribution in [2.45, 2.75) is 25.9 Å². The van der Waals surface area contributed by atoms with E-state index in [9.17, 15) is 4.79 Å². The first-order valence-electron chi connectivity index (χ1n) is 5.73. The largest absolute Gasteiger partial charge is 0.493 e. The Kier molecular flexibility index (Phi) is 4.55. The molecule has 1 amide bonds. The van der Waals surface area contributed by atoms with Crippen LogP contribution in [0.15, 0.2) is 18.2 Å². The first-order chi connectivity index (χ1) is 8.35. The highest BCUT2D eigenvalue weighted by Gasteiger charge is 2.16. The highest BCUT2D eigenvalue weighted by molar-refractivity contribution is 5.98. The molecule has 100 valence electrons. The van der Waals surface area contributed by atoms with Crippen LogP contribution in [0.3, 0.4) is 0 Å². The fourth-order valence-electron chi connectivity index (χ4n) is 1.36. The van der Waals surface area contributed by atoms with Crippen molar-refractivity contribution < 1.29 is 14.3 Å². The molecule has 5 nitrogen and oxygen atoms in total. The highest BCUT2D eigenvalue weighted by atomic mass is 16.5. The molecule has 1 aromatic carbocycles. The Labute approximate surface area is 107 Å². The Morgan fingerprint density at radius 1 is 1.39 bits per heavy atom. The van der Waals surface area contributed by atoms with E-state index in [-0.39, 0.29) is 11.2 Å². The lowest BCUT2D eigenvalue weighted by Gasteiger charge is -2.22. The maximum absolute atomic E-state index is 11.1. The van der Waals surface area contributed by atoms with E-state index in [4.69, 9.17) is 20.9 Å². The van der Waals surface area contributed by atoms with E-state index in [1.807, 2.05) is 13.8 Å². The van der Waals surface area contributed by atoms with Gasteiger partial charge in [0.05, 0.1) is 17.8 Å². The van der Waals surface area contributed by atoms with Crippen LogP contribution in [0.4, 0.5) is 5.69 Å². The second kappa shape index (κ2) is 5.73. The van der Waals surface area contributed by atoms with E-state index in [2.05, 4.69) is 0 Å². The summed E-state index contributed by atoms with van der Waals surface area (Å²) in [5.74, 6) is 0.0140. The van der Waals surface area contributed by atoms with Crippen LogP contribution in [-0.2, 0) is 4.74 Å². The summed E-state index contributed by atoms with van der Waals surface area (Å²) in [5.41, 5.74) is 11.2. The number of hydrogen-bond acceptors (Lipinski definition) is 4. The predicted molar refractivity (Wildman–Crippen MR) is 70.6 cm³/mol. The van der Waals surface area contributed by atoms with Gasteiger partial charge in [-0.05, 0) is 32.0 Å². The molecule has 0 unspecified atom stereocenters. The summed E-state index contributed by atoms with van der Waals surface area (Å²) in [4.78, 5) is 11.1. The Bertz CT molecular complexity index is 430. The zero-order valence-corrected chi connectivity index (χ0v) is 11.0. The van der Waals surface area contributed by atoms with Crippen molar-refractivity contribution in [2.24, 2.45) is 5.73 Å². The molecule has 0 aliphatic heterocycles. The van der Waals surface area contributed by atoms with Gasteiger partial charge in [-0.15, -0.1) is 0 Å². The molecule has 0 saturated heterocycles. The molecule has 0 bridgehead atoms. The molecule has 0 fully saturated rings. The zero-order chi connectivity index (χ0) is 13.8. The van der Waals surface area contributed by atoms with Crippen LogP contribution in [0, 0.1) is 0 Å². The Hall–Kier alpha value is -1.75. The SMILES string of the molecule is COC(C)(C)CCOc1ccc(N)c(C(N)=O)c1. The van der Waals surface area contributed by atoms with Gasteiger partial charge in [-0.2, -0.15) is 0 Å². The van der Waals surface area contributed by atoms with Crippen LogP contribution in [0.1, 0.15) is 30.6 Å². The van der Waals surface area contributed by atoms with Crippen LogP contribution in [0.5, 0.6) is 5.75 Å². The van der Waals surface area contributed by atoms with Crippen LogP contribution >= 0.6 is 0 Å². The predicted octanol–water partition coefficient (Wildman–Crippen LogP) is 1.56. The van der Waals surface area contributed by atoms with Crippen LogP contribution in [0.25, 0.3) is 0 Å². The number of nitrogen functional groups attached to an aromatic ring is 1. The summed E-state index contributed by atoms with van der Waals surface area (Å²) in [7, 11) is 1.66. The molecular weight excluding hydrogens is 232 g/mol. The van der Waals surface area contributed by atoms with E-state index < -0.39 is 5.91 Å². The van der Waals surface area contributed by atoms with Crippen LogP contribution < -0.4 is 16.2 Å². The summed E-state index contributed by atoms with van der Waals surface area (Å²) >= 11 is 0. The number of carbonyl (C=O) groups is 1. The van der Waals surface area contributed by atoms with Gasteiger partial charge >= 0.3 is 0 Å². The summed E-state index contributed by atoms with van der Waals surface area (Å²) in [6.07, 6.45) is 0.736. The minimum absolute atomic E-state index is 0.236. The third-order valence-electron chi connectivity index (χ3n) is 2.82. The standard InChI is InChI=1S/C13H20N2O3/c1-13(2,17-3)6-7-18-9-4-5-11(14)10(8-9)12(15)16/h4-5,8H,6-7,14H2,1-3H3,(H2,15,16). The monoisotopic (exact) mass is 252 g/mol. The second-order valence-corrected chi connectivity index (χ2v) is 4.68. The average molecular weight is 252 g/mol. The van der Waals surface area contributed by atoms with Crippen LogP contribution in [0.2, 0.25) is 0 Å². The Morgan fingerprint density at radius 3 is 2.61 bits per heavy atom. The van der Waals surface area contributed by atoms with Gasteiger partial charge in [-0.1, -0.05) is 0 Å². The van der Waals surface area contributed by atoms with Gasteiger partial charge in [-0.25, -0.2) is 0 Å². The smallest absolute Gasteiger partial charge is 0.250 e. The summed E-state index contributed by atoms with van der Waals surface area (Å²) in [6.45, 7) is 4.45. The molecule has 0 aliphatic rings. The zero-order valence-electron chi connectivity index (χ0n) is 11.0. The molecule has 0 heterocycles. The van der Waals surface area contributed by atoms with Crippen molar-refractivity contribution >= 4 is 11.6 Å². The maximum atomic E-state index is 11.1. The molecule has 18 heavy (non-hydrogen) atoms. The minimum Gasteiger partial charge on any atom is -0.493 e. The van der Waals surface area contributed by atoms with Crippen molar-refractivity contribution in [1.29, 1.82) is 0 Å². The third kappa shape index (κ3) is 3.92. The minimum atomic E-state index is -0.560. The molecule has 0 aliphatic carbocycles. The van der Waals surface area contributed by atoms with Gasteiger partial charge < -0.3 is 20.9 Å². The van der Waals surface area contributed by atoms with Crippen LogP contribution in [-0.4, -0.2) is 25.2 Å². The maximum Gasteiger partial charge on any atom is 0.250 e. The van der Waals surface area contributed by atoms with Crippen molar-refractivity contribution in [1.82, 2.24) is 0 Å². The lowest BCUT2D eigenvalue weighted by Crippen LogP contribution is -2.25. The number of carbonyl (C=O) groups excluding carboxylic acids is 1. The molecular formula is C13H20N2O3. The number of rotatable bonds is 6. The topological polar surface area (TPSA) is 87.6 Å². The normalized spacial score (nSPS) is 11.3. The molecule has 0 aromatic heterocycles. The van der Waals surface area contributed by atoms with E-state index in [1.54, 1.807) is 25.3 Å². The van der Waals surface area contributed by atoms with Crippen molar-refractivity contribution in [3.05, 3.63) is 23.8 Å². The Morgan fingerprint density at radius 2 is 2.06 bits per heavy atom. The highest BCUT2D eigenvalue weighted by Crippen LogP contribution is 2.20. The lowest BCUT2D eigenvalue weighted by atomic mass is 10.1. The summed E-state index contributed by atoms with van der Waals surface area (Å²) in [6, 6.07) is 4.87. The molecule has 0 atom stereocenters. The first-order valence-corrected chi connectivity index (χ1v) is 5.73. The third-order valence-corrected chi connectivity index (χ3v) is 2.82. The van der Waals surface area contributed by atoms with Gasteiger partial charge in [0.1, 0.15) is 5.75 Å². The van der Waals surface area contributed by atoms with Gasteiger partial charge in [-0.3, -0.25) is 4.79 Å². The summed E-state index contributed by atoms with van der Waals surface area (Å²) in [5, 5.41) is 0. The quantitative estimate of drug-likeness (QED) is 0.752. The fourth-order valence-corrected chi connectivity index (χ4v) is 1.36. The molecule has 4 N–H and O–H groups in total. The second-order valence-electron chi connectivity index (χ2n) is 4.68. The van der Waals surface area contributed by atoms with Gasteiger partial charge in [0, 0.05) is 19.2 Å². The fraction of sp³-hybridized carbons (Fsp3) is 0.462. The van der Waals surface area contributed by atoms with E-state index in [0.29, 0.717) is 18.0 Å². The summed E-state index contributed by atoms with van der Waals surface area (Å²) < 4.78 is 10.8. The van der Waals surface area contributed by atoms with Gasteiger partial charge in [0.2, 0.25) is 0 Å². The van der Waals surface area contributed by atoms with Gasteiger partial charge in [0.25, 0.3) is 5.91 Å². The number of nitrogens with two attached hydrogens (primary N) is 2. The number of primary amides is 1. The van der Waals surface area contributed by atoms with Crippen molar-refractivity contribution in [3.63, 3.8) is 0 Å². The van der Waals surface area contributed by atoms with Gasteiger partial charge in [0.15, 0.2) is 0 Å². The number of benzene rings is 1. The van der Waals surface area contributed by atoms with E-state index in [1.165, 1.54) is 0 Å². The average Bonchev–Trinajstić information content (AvgIpc) is 2.31.